The predicted octanol–water partition coefficient (Wildman–Crippen LogP) is 4.71. The Labute approximate surface area is 201 Å². The smallest absolute Gasteiger partial charge is 0.407 e. The van der Waals surface area contributed by atoms with Crippen LogP contribution in [0.4, 0.5) is 9.59 Å². The molecule has 8 heteroatoms. The monoisotopic (exact) mass is 472 g/mol. The molecule has 2 amide bonds. The Morgan fingerprint density at radius 2 is 1.85 bits per heavy atom. The van der Waals surface area contributed by atoms with E-state index in [0.717, 1.165) is 16.7 Å². The molecule has 0 aromatic heterocycles. The average molecular weight is 473 g/mol. The molecule has 0 saturated carbocycles. The van der Waals surface area contributed by atoms with Crippen molar-refractivity contribution in [1.82, 2.24) is 10.6 Å². The maximum atomic E-state index is 12.4. The fraction of sp³-hybridized carbons (Fsp3) is 0.500. The minimum absolute atomic E-state index is 0.0213. The van der Waals surface area contributed by atoms with Crippen LogP contribution < -0.4 is 10.6 Å². The molecule has 8 nitrogen and oxygen atoms in total. The van der Waals surface area contributed by atoms with Gasteiger partial charge in [-0.2, -0.15) is 0 Å². The molecule has 186 valence electrons. The topological polar surface area (TPSA) is 103 Å². The van der Waals surface area contributed by atoms with Crippen molar-refractivity contribution in [3.8, 4) is 0 Å². The highest BCUT2D eigenvalue weighted by atomic mass is 16.6. The highest BCUT2D eigenvalue weighted by Crippen LogP contribution is 2.35. The van der Waals surface area contributed by atoms with E-state index in [2.05, 4.69) is 23.3 Å². The van der Waals surface area contributed by atoms with Crippen LogP contribution in [0, 0.1) is 0 Å². The quantitative estimate of drug-likeness (QED) is 0.209. The van der Waals surface area contributed by atoms with E-state index >= 15 is 0 Å². The number of hydrogen-bond acceptors (Lipinski definition) is 6. The van der Waals surface area contributed by atoms with Gasteiger partial charge in [0.15, 0.2) is 0 Å². The summed E-state index contributed by atoms with van der Waals surface area (Å²) >= 11 is 0. The molecule has 2 unspecified atom stereocenters. The SMILES string of the molecule is C=CCOC(=O)C(CCCCNC(=O)OC(C)(C)C)NC(=O)OCC1C=C(C)c2ccccc21. The van der Waals surface area contributed by atoms with Crippen molar-refractivity contribution in [2.24, 2.45) is 0 Å². The summed E-state index contributed by atoms with van der Waals surface area (Å²) in [6, 6.07) is 7.15. The van der Waals surface area contributed by atoms with Gasteiger partial charge in [-0.3, -0.25) is 0 Å². The summed E-state index contributed by atoms with van der Waals surface area (Å²) in [6.07, 6.45) is 3.88. The summed E-state index contributed by atoms with van der Waals surface area (Å²) in [5, 5.41) is 5.29. The second-order valence-electron chi connectivity index (χ2n) is 9.18. The average Bonchev–Trinajstić information content (AvgIpc) is 3.09. The zero-order valence-electron chi connectivity index (χ0n) is 20.5. The molecule has 2 N–H and O–H groups in total. The van der Waals surface area contributed by atoms with Gasteiger partial charge in [-0.25, -0.2) is 14.4 Å². The molecule has 1 aliphatic rings. The zero-order valence-corrected chi connectivity index (χ0v) is 20.5. The first kappa shape index (κ1) is 27.0. The molecule has 0 aliphatic heterocycles. The van der Waals surface area contributed by atoms with E-state index in [1.165, 1.54) is 6.08 Å². The number of ether oxygens (including phenoxy) is 3. The lowest BCUT2D eigenvalue weighted by Gasteiger charge is -2.20. The predicted molar refractivity (Wildman–Crippen MR) is 130 cm³/mol. The van der Waals surface area contributed by atoms with Gasteiger partial charge in [0.2, 0.25) is 0 Å². The molecule has 0 saturated heterocycles. The first-order valence-electron chi connectivity index (χ1n) is 11.6. The lowest BCUT2D eigenvalue weighted by Crippen LogP contribution is -2.42. The summed E-state index contributed by atoms with van der Waals surface area (Å²) < 4.78 is 15.7. The first-order chi connectivity index (χ1) is 16.1. The number of fused-ring (bicyclic) bond motifs is 1. The highest BCUT2D eigenvalue weighted by Gasteiger charge is 2.25. The van der Waals surface area contributed by atoms with Crippen LogP contribution in [-0.2, 0) is 19.0 Å². The van der Waals surface area contributed by atoms with E-state index in [1.807, 2.05) is 31.2 Å². The minimum atomic E-state index is -0.859. The Balaban J connectivity index is 1.81. The van der Waals surface area contributed by atoms with E-state index < -0.39 is 29.8 Å². The molecule has 0 heterocycles. The fourth-order valence-electron chi connectivity index (χ4n) is 3.62. The highest BCUT2D eigenvalue weighted by molar-refractivity contribution is 5.81. The molecule has 2 atom stereocenters. The Morgan fingerprint density at radius 3 is 2.56 bits per heavy atom. The number of carbonyl (C=O) groups excluding carboxylic acids is 3. The molecule has 1 aromatic rings. The van der Waals surface area contributed by atoms with E-state index in [4.69, 9.17) is 14.2 Å². The third-order valence-electron chi connectivity index (χ3n) is 5.14. The van der Waals surface area contributed by atoms with Crippen molar-refractivity contribution in [2.75, 3.05) is 19.8 Å². The van der Waals surface area contributed by atoms with Crippen LogP contribution in [0.1, 0.15) is 64.0 Å². The number of amides is 2. The van der Waals surface area contributed by atoms with Crippen molar-refractivity contribution in [3.63, 3.8) is 0 Å². The molecular formula is C26H36N2O6. The molecule has 2 rings (SSSR count). The summed E-state index contributed by atoms with van der Waals surface area (Å²) in [5.41, 5.74) is 2.86. The lowest BCUT2D eigenvalue weighted by atomic mass is 10.0. The maximum absolute atomic E-state index is 12.4. The number of nitrogens with one attached hydrogen (secondary N) is 2. The minimum Gasteiger partial charge on any atom is -0.460 e. The van der Waals surface area contributed by atoms with Crippen LogP contribution in [0.5, 0.6) is 0 Å². The first-order valence-corrected chi connectivity index (χ1v) is 11.6. The van der Waals surface area contributed by atoms with Gasteiger partial charge in [0, 0.05) is 12.5 Å². The second-order valence-corrected chi connectivity index (χ2v) is 9.18. The number of hydrogen-bond donors (Lipinski definition) is 2. The summed E-state index contributed by atoms with van der Waals surface area (Å²) in [6.45, 7) is 11.6. The van der Waals surface area contributed by atoms with Gasteiger partial charge in [0.1, 0.15) is 24.9 Å². The Morgan fingerprint density at radius 1 is 1.12 bits per heavy atom. The van der Waals surface area contributed by atoms with E-state index in [-0.39, 0.29) is 19.1 Å². The van der Waals surface area contributed by atoms with Gasteiger partial charge in [-0.15, -0.1) is 0 Å². The van der Waals surface area contributed by atoms with E-state index in [0.29, 0.717) is 25.8 Å². The van der Waals surface area contributed by atoms with Crippen LogP contribution in [0.25, 0.3) is 5.57 Å². The van der Waals surface area contributed by atoms with Gasteiger partial charge >= 0.3 is 18.2 Å². The largest absolute Gasteiger partial charge is 0.460 e. The standard InChI is InChI=1S/C26H36N2O6/c1-6-15-32-23(29)22(13-9-10-14-27-24(30)34-26(3,4)5)28-25(31)33-17-19-16-18(2)20-11-7-8-12-21(19)20/h6-8,11-12,16,19,22H,1,9-10,13-15,17H2,2-5H3,(H,27,30)(H,28,31). The molecule has 0 bridgehead atoms. The third kappa shape index (κ3) is 8.92. The van der Waals surface area contributed by atoms with Crippen LogP contribution >= 0.6 is 0 Å². The molecule has 0 radical (unpaired) electrons. The molecule has 0 fully saturated rings. The zero-order chi connectivity index (χ0) is 25.1. The molecule has 34 heavy (non-hydrogen) atoms. The fourth-order valence-corrected chi connectivity index (χ4v) is 3.62. The maximum Gasteiger partial charge on any atom is 0.407 e. The number of rotatable bonds is 11. The molecule has 1 aliphatic carbocycles. The number of benzene rings is 1. The molecule has 1 aromatic carbocycles. The Hall–Kier alpha value is -3.29. The molecular weight excluding hydrogens is 436 g/mol. The number of allylic oxidation sites excluding steroid dienone is 1. The van der Waals surface area contributed by atoms with Gasteiger partial charge in [-0.1, -0.05) is 43.0 Å². The van der Waals surface area contributed by atoms with Crippen molar-refractivity contribution in [2.45, 2.75) is 64.5 Å². The van der Waals surface area contributed by atoms with Crippen molar-refractivity contribution in [3.05, 3.63) is 54.1 Å². The molecule has 0 spiro atoms. The van der Waals surface area contributed by atoms with Gasteiger partial charge in [-0.05, 0) is 63.7 Å². The van der Waals surface area contributed by atoms with Crippen molar-refractivity contribution >= 4 is 23.7 Å². The van der Waals surface area contributed by atoms with Gasteiger partial charge < -0.3 is 24.8 Å². The normalized spacial score (nSPS) is 15.4. The Bertz CT molecular complexity index is 903. The summed E-state index contributed by atoms with van der Waals surface area (Å²) in [7, 11) is 0. The summed E-state index contributed by atoms with van der Waals surface area (Å²) in [5.74, 6) is -0.578. The number of unbranched alkanes of at least 4 members (excludes halogenated alkanes) is 1. The lowest BCUT2D eigenvalue weighted by molar-refractivity contribution is -0.145. The van der Waals surface area contributed by atoms with Gasteiger partial charge in [0.25, 0.3) is 0 Å². The summed E-state index contributed by atoms with van der Waals surface area (Å²) in [4.78, 5) is 36.5. The second kappa shape index (κ2) is 12.8. The van der Waals surface area contributed by atoms with E-state index in [9.17, 15) is 14.4 Å². The van der Waals surface area contributed by atoms with Crippen LogP contribution in [0.15, 0.2) is 43.0 Å². The van der Waals surface area contributed by atoms with Crippen LogP contribution in [0.3, 0.4) is 0 Å². The number of esters is 1. The van der Waals surface area contributed by atoms with Crippen LogP contribution in [-0.4, -0.2) is 49.6 Å². The third-order valence-corrected chi connectivity index (χ3v) is 5.14. The number of alkyl carbamates (subject to hydrolysis) is 2. The Kier molecular flexibility index (Phi) is 10.2. The van der Waals surface area contributed by atoms with Crippen molar-refractivity contribution < 1.29 is 28.6 Å². The van der Waals surface area contributed by atoms with Crippen molar-refractivity contribution in [1.29, 1.82) is 0 Å². The number of carbonyl (C=O) groups is 3. The van der Waals surface area contributed by atoms with E-state index in [1.54, 1.807) is 20.8 Å². The van der Waals surface area contributed by atoms with Gasteiger partial charge in [0.05, 0.1) is 0 Å². The van der Waals surface area contributed by atoms with Crippen LogP contribution in [0.2, 0.25) is 0 Å².